The van der Waals surface area contributed by atoms with Crippen molar-refractivity contribution in [1.29, 1.82) is 0 Å². The Bertz CT molecular complexity index is 1030. The molecule has 7 nitrogen and oxygen atoms in total. The molecule has 208 valence electrons. The number of piperidine rings is 1. The van der Waals surface area contributed by atoms with Crippen molar-refractivity contribution in [3.8, 4) is 0 Å². The molecule has 1 aromatic heterocycles. The van der Waals surface area contributed by atoms with E-state index in [0.717, 1.165) is 57.4 Å². The topological polar surface area (TPSA) is 75.0 Å². The number of rotatable bonds is 9. The maximum absolute atomic E-state index is 13.4. The summed E-state index contributed by atoms with van der Waals surface area (Å²) < 4.78 is 5.47. The fourth-order valence-electron chi connectivity index (χ4n) is 5.92. The molecule has 0 bridgehead atoms. The summed E-state index contributed by atoms with van der Waals surface area (Å²) in [5.74, 6) is 0.286. The molecule has 0 unspecified atom stereocenters. The van der Waals surface area contributed by atoms with Crippen LogP contribution in [0.2, 0.25) is 0 Å². The number of aryl methyl sites for hydroxylation is 1. The molecule has 38 heavy (non-hydrogen) atoms. The standard InChI is InChI=1S/C31H45N3O4/c1-24-10-12-25(13-11-24)34(29(36)27-9-8-22-37-27)26-14-19-33(20-15-26)21-18-31(16-6-5-7-17-31)23-28(35)32-38-30(2,3)4/h8-13,22,26H,5-7,14-21,23H2,1-4H3,(H,32,35). The van der Waals surface area contributed by atoms with Crippen LogP contribution in [0.4, 0.5) is 5.69 Å². The molecule has 1 aliphatic carbocycles. The Morgan fingerprint density at radius 1 is 1.08 bits per heavy atom. The molecule has 0 radical (unpaired) electrons. The maximum atomic E-state index is 13.4. The largest absolute Gasteiger partial charge is 0.459 e. The molecule has 0 spiro atoms. The summed E-state index contributed by atoms with van der Waals surface area (Å²) in [6.07, 6.45) is 10.8. The quantitative estimate of drug-likeness (QED) is 0.392. The van der Waals surface area contributed by atoms with E-state index in [-0.39, 0.29) is 23.3 Å². The van der Waals surface area contributed by atoms with E-state index in [1.807, 2.05) is 37.8 Å². The van der Waals surface area contributed by atoms with Gasteiger partial charge in [0.2, 0.25) is 5.91 Å². The third-order valence-corrected chi connectivity index (χ3v) is 8.06. The van der Waals surface area contributed by atoms with Crippen molar-refractivity contribution in [2.75, 3.05) is 24.5 Å². The normalized spacial score (nSPS) is 18.7. The van der Waals surface area contributed by atoms with E-state index in [9.17, 15) is 9.59 Å². The highest BCUT2D eigenvalue weighted by atomic mass is 16.7. The van der Waals surface area contributed by atoms with Crippen LogP contribution in [-0.2, 0) is 9.63 Å². The van der Waals surface area contributed by atoms with Crippen LogP contribution in [0, 0.1) is 12.3 Å². The summed E-state index contributed by atoms with van der Waals surface area (Å²) in [4.78, 5) is 36.2. The highest BCUT2D eigenvalue weighted by Crippen LogP contribution is 2.42. The van der Waals surface area contributed by atoms with Crippen molar-refractivity contribution in [1.82, 2.24) is 10.4 Å². The molecule has 1 aliphatic heterocycles. The third-order valence-electron chi connectivity index (χ3n) is 8.06. The first-order chi connectivity index (χ1) is 18.1. The molecular weight excluding hydrogens is 478 g/mol. The van der Waals surface area contributed by atoms with Gasteiger partial charge in [-0.2, -0.15) is 0 Å². The third kappa shape index (κ3) is 7.70. The first-order valence-electron chi connectivity index (χ1n) is 14.3. The van der Waals surface area contributed by atoms with Crippen molar-refractivity contribution in [3.05, 3.63) is 54.0 Å². The second-order valence-electron chi connectivity index (χ2n) is 12.3. The zero-order valence-corrected chi connectivity index (χ0v) is 23.6. The summed E-state index contributed by atoms with van der Waals surface area (Å²) in [5.41, 5.74) is 4.43. The van der Waals surface area contributed by atoms with Gasteiger partial charge in [0.25, 0.3) is 5.91 Å². The van der Waals surface area contributed by atoms with Crippen LogP contribution >= 0.6 is 0 Å². The summed E-state index contributed by atoms with van der Waals surface area (Å²) in [5, 5.41) is 0. The van der Waals surface area contributed by atoms with Crippen molar-refractivity contribution in [2.45, 2.75) is 97.1 Å². The Hall–Kier alpha value is -2.64. The molecule has 1 saturated carbocycles. The Morgan fingerprint density at radius 2 is 1.76 bits per heavy atom. The summed E-state index contributed by atoms with van der Waals surface area (Å²) in [6.45, 7) is 10.7. The van der Waals surface area contributed by atoms with E-state index in [0.29, 0.717) is 12.2 Å². The number of hydrogen-bond donors (Lipinski definition) is 1. The van der Waals surface area contributed by atoms with Crippen LogP contribution in [0.1, 0.15) is 94.7 Å². The number of hydrogen-bond acceptors (Lipinski definition) is 5. The van der Waals surface area contributed by atoms with Gasteiger partial charge in [-0.3, -0.25) is 14.4 Å². The second kappa shape index (κ2) is 12.5. The molecule has 1 aromatic carbocycles. The molecule has 0 atom stereocenters. The van der Waals surface area contributed by atoms with Crippen molar-refractivity contribution in [2.24, 2.45) is 5.41 Å². The van der Waals surface area contributed by atoms with Crippen LogP contribution in [0.25, 0.3) is 0 Å². The number of furan rings is 1. The van der Waals surface area contributed by atoms with Crippen LogP contribution in [0.15, 0.2) is 47.1 Å². The average molecular weight is 524 g/mol. The fourth-order valence-corrected chi connectivity index (χ4v) is 5.92. The number of carbonyl (C=O) groups excluding carboxylic acids is 2. The lowest BCUT2D eigenvalue weighted by Gasteiger charge is -2.41. The fraction of sp³-hybridized carbons (Fsp3) is 0.613. The van der Waals surface area contributed by atoms with Crippen LogP contribution in [0.5, 0.6) is 0 Å². The van der Waals surface area contributed by atoms with Gasteiger partial charge in [-0.25, -0.2) is 5.48 Å². The smallest absolute Gasteiger partial charge is 0.294 e. The number of carbonyl (C=O) groups is 2. The number of nitrogens with one attached hydrogen (secondary N) is 1. The molecule has 7 heteroatoms. The van der Waals surface area contributed by atoms with Gasteiger partial charge in [-0.1, -0.05) is 37.0 Å². The van der Waals surface area contributed by atoms with Gasteiger partial charge in [-0.05, 0) is 96.0 Å². The first kappa shape index (κ1) is 28.4. The predicted molar refractivity (Wildman–Crippen MR) is 150 cm³/mol. The molecule has 2 aliphatic rings. The summed E-state index contributed by atoms with van der Waals surface area (Å²) in [7, 11) is 0. The van der Waals surface area contributed by atoms with E-state index in [1.165, 1.54) is 24.8 Å². The number of likely N-dealkylation sites (tertiary alicyclic amines) is 1. The van der Waals surface area contributed by atoms with Crippen LogP contribution < -0.4 is 10.4 Å². The molecule has 2 heterocycles. The van der Waals surface area contributed by atoms with Gasteiger partial charge in [0.1, 0.15) is 0 Å². The highest BCUT2D eigenvalue weighted by Gasteiger charge is 2.36. The lowest BCUT2D eigenvalue weighted by molar-refractivity contribution is -0.148. The Kier molecular flexibility index (Phi) is 9.32. The minimum atomic E-state index is -0.398. The molecule has 4 rings (SSSR count). The van der Waals surface area contributed by atoms with Gasteiger partial charge >= 0.3 is 0 Å². The van der Waals surface area contributed by atoms with Gasteiger partial charge in [0, 0.05) is 31.2 Å². The highest BCUT2D eigenvalue weighted by molar-refractivity contribution is 6.04. The number of amides is 2. The molecule has 2 fully saturated rings. The zero-order chi connectivity index (χ0) is 27.2. The number of benzene rings is 1. The SMILES string of the molecule is Cc1ccc(N(C(=O)c2ccco2)C2CCN(CCC3(CC(=O)NOC(C)(C)C)CCCCC3)CC2)cc1. The molecule has 2 amide bonds. The van der Waals surface area contributed by atoms with Gasteiger partial charge < -0.3 is 14.2 Å². The van der Waals surface area contributed by atoms with E-state index >= 15 is 0 Å². The van der Waals surface area contributed by atoms with E-state index < -0.39 is 5.60 Å². The molecule has 1 saturated heterocycles. The monoisotopic (exact) mass is 523 g/mol. The Labute approximate surface area is 227 Å². The Morgan fingerprint density at radius 3 is 2.37 bits per heavy atom. The predicted octanol–water partition coefficient (Wildman–Crippen LogP) is 6.28. The van der Waals surface area contributed by atoms with Crippen molar-refractivity contribution >= 4 is 17.5 Å². The number of nitrogens with zero attached hydrogens (tertiary/aromatic N) is 2. The lowest BCUT2D eigenvalue weighted by atomic mass is 9.69. The zero-order valence-electron chi connectivity index (χ0n) is 23.6. The van der Waals surface area contributed by atoms with Crippen molar-refractivity contribution < 1.29 is 18.8 Å². The minimum Gasteiger partial charge on any atom is -0.459 e. The maximum Gasteiger partial charge on any atom is 0.294 e. The van der Waals surface area contributed by atoms with Gasteiger partial charge in [0.05, 0.1) is 11.9 Å². The van der Waals surface area contributed by atoms with Crippen LogP contribution in [-0.4, -0.2) is 48.0 Å². The molecular formula is C31H45N3O4. The average Bonchev–Trinajstić information content (AvgIpc) is 3.44. The molecule has 2 aromatic rings. The summed E-state index contributed by atoms with van der Waals surface area (Å²) in [6, 6.07) is 11.8. The number of anilines is 1. The molecule has 1 N–H and O–H groups in total. The number of hydroxylamine groups is 1. The second-order valence-corrected chi connectivity index (χ2v) is 12.3. The first-order valence-corrected chi connectivity index (χ1v) is 14.3. The Balaban J connectivity index is 1.36. The van der Waals surface area contributed by atoms with E-state index in [1.54, 1.807) is 18.4 Å². The van der Waals surface area contributed by atoms with Crippen molar-refractivity contribution in [3.63, 3.8) is 0 Å². The summed E-state index contributed by atoms with van der Waals surface area (Å²) >= 11 is 0. The van der Waals surface area contributed by atoms with E-state index in [4.69, 9.17) is 9.25 Å². The lowest BCUT2D eigenvalue weighted by Crippen LogP contribution is -2.48. The van der Waals surface area contributed by atoms with Crippen LogP contribution in [0.3, 0.4) is 0 Å². The minimum absolute atomic E-state index is 0.00860. The van der Waals surface area contributed by atoms with Gasteiger partial charge in [0.15, 0.2) is 5.76 Å². The van der Waals surface area contributed by atoms with Gasteiger partial charge in [-0.15, -0.1) is 0 Å². The van der Waals surface area contributed by atoms with E-state index in [2.05, 4.69) is 29.4 Å².